The van der Waals surface area contributed by atoms with Gasteiger partial charge >= 0.3 is 0 Å². The number of carbonyl (C=O) groups excluding carboxylic acids is 1. The number of carbonyl (C=O) groups is 1. The molecule has 0 aliphatic carbocycles. The van der Waals surface area contributed by atoms with Crippen LogP contribution in [0, 0.1) is 20.8 Å². The molecule has 0 aliphatic heterocycles. The molecule has 0 saturated heterocycles. The van der Waals surface area contributed by atoms with Crippen LogP contribution in [0.3, 0.4) is 0 Å². The quantitative estimate of drug-likeness (QED) is 0.808. The number of halogens is 2. The molecule has 5 heteroatoms. The van der Waals surface area contributed by atoms with E-state index in [1.54, 1.807) is 25.1 Å². The van der Waals surface area contributed by atoms with E-state index in [0.29, 0.717) is 21.5 Å². The van der Waals surface area contributed by atoms with Gasteiger partial charge in [0, 0.05) is 5.02 Å². The topological polar surface area (TPSA) is 38.3 Å². The van der Waals surface area contributed by atoms with Crippen LogP contribution >= 0.6 is 23.2 Å². The van der Waals surface area contributed by atoms with E-state index in [0.717, 1.165) is 16.7 Å². The zero-order valence-corrected chi connectivity index (χ0v) is 15.0. The Morgan fingerprint density at radius 2 is 1.83 bits per heavy atom. The number of benzene rings is 2. The smallest absolute Gasteiger partial charge is 0.265 e. The maximum atomic E-state index is 12.3. The van der Waals surface area contributed by atoms with Crippen molar-refractivity contribution < 1.29 is 9.53 Å². The Labute approximate surface area is 146 Å². The molecule has 1 unspecified atom stereocenters. The molecule has 1 N–H and O–H groups in total. The molecule has 0 fully saturated rings. The molecule has 0 heterocycles. The monoisotopic (exact) mass is 351 g/mol. The Bertz CT molecular complexity index is 744. The fourth-order valence-corrected chi connectivity index (χ4v) is 2.53. The molecule has 1 atom stereocenters. The molecule has 0 saturated carbocycles. The fourth-order valence-electron chi connectivity index (χ4n) is 2.19. The van der Waals surface area contributed by atoms with Crippen molar-refractivity contribution in [2.45, 2.75) is 33.8 Å². The SMILES string of the molecule is Cc1cc(C)c(C)c(OC(C)C(=O)Nc2cc(Cl)ccc2Cl)c1. The van der Waals surface area contributed by atoms with E-state index in [4.69, 9.17) is 27.9 Å². The molecule has 122 valence electrons. The highest BCUT2D eigenvalue weighted by molar-refractivity contribution is 6.35. The van der Waals surface area contributed by atoms with Crippen molar-refractivity contribution in [2.24, 2.45) is 0 Å². The number of hydrogen-bond acceptors (Lipinski definition) is 2. The number of anilines is 1. The van der Waals surface area contributed by atoms with E-state index >= 15 is 0 Å². The summed E-state index contributed by atoms with van der Waals surface area (Å²) >= 11 is 12.0. The third-order valence-electron chi connectivity index (χ3n) is 3.62. The third-order valence-corrected chi connectivity index (χ3v) is 4.19. The number of amides is 1. The number of hydrogen-bond donors (Lipinski definition) is 1. The van der Waals surface area contributed by atoms with Gasteiger partial charge in [-0.2, -0.15) is 0 Å². The molecule has 0 bridgehead atoms. The lowest BCUT2D eigenvalue weighted by molar-refractivity contribution is -0.122. The van der Waals surface area contributed by atoms with E-state index in [1.165, 1.54) is 0 Å². The second-order valence-corrected chi connectivity index (χ2v) is 6.42. The fraction of sp³-hybridized carbons (Fsp3) is 0.278. The van der Waals surface area contributed by atoms with Crippen LogP contribution in [0.5, 0.6) is 5.75 Å². The van der Waals surface area contributed by atoms with Crippen molar-refractivity contribution in [3.8, 4) is 5.75 Å². The Balaban J connectivity index is 2.13. The first-order valence-electron chi connectivity index (χ1n) is 7.28. The summed E-state index contributed by atoms with van der Waals surface area (Å²) < 4.78 is 5.82. The second kappa shape index (κ2) is 7.24. The third kappa shape index (κ3) is 4.40. The zero-order valence-electron chi connectivity index (χ0n) is 13.5. The Morgan fingerprint density at radius 3 is 2.52 bits per heavy atom. The lowest BCUT2D eigenvalue weighted by Crippen LogP contribution is -2.30. The minimum Gasteiger partial charge on any atom is -0.481 e. The lowest BCUT2D eigenvalue weighted by atomic mass is 10.1. The molecule has 0 aliphatic rings. The van der Waals surface area contributed by atoms with Crippen molar-refractivity contribution in [1.29, 1.82) is 0 Å². The maximum Gasteiger partial charge on any atom is 0.265 e. The summed E-state index contributed by atoms with van der Waals surface area (Å²) in [4.78, 5) is 12.3. The van der Waals surface area contributed by atoms with Gasteiger partial charge in [0.25, 0.3) is 5.91 Å². The standard InChI is InChI=1S/C18H19Cl2NO2/c1-10-7-11(2)12(3)17(8-10)23-13(4)18(22)21-16-9-14(19)5-6-15(16)20/h5-9,13H,1-4H3,(H,21,22). The van der Waals surface area contributed by atoms with Crippen LogP contribution in [-0.4, -0.2) is 12.0 Å². The van der Waals surface area contributed by atoms with Gasteiger partial charge in [-0.15, -0.1) is 0 Å². The van der Waals surface area contributed by atoms with E-state index < -0.39 is 6.10 Å². The van der Waals surface area contributed by atoms with Crippen LogP contribution in [0.1, 0.15) is 23.6 Å². The first-order valence-corrected chi connectivity index (χ1v) is 8.04. The molecule has 0 spiro atoms. The molecule has 3 nitrogen and oxygen atoms in total. The average Bonchev–Trinajstić information content (AvgIpc) is 2.47. The molecular formula is C18H19Cl2NO2. The van der Waals surface area contributed by atoms with Gasteiger partial charge in [0.15, 0.2) is 6.10 Å². The van der Waals surface area contributed by atoms with Crippen molar-refractivity contribution in [3.05, 3.63) is 57.1 Å². The van der Waals surface area contributed by atoms with Crippen molar-refractivity contribution >= 4 is 34.8 Å². The van der Waals surface area contributed by atoms with Crippen LogP contribution in [0.4, 0.5) is 5.69 Å². The summed E-state index contributed by atoms with van der Waals surface area (Å²) in [5.41, 5.74) is 3.71. The lowest BCUT2D eigenvalue weighted by Gasteiger charge is -2.18. The Hall–Kier alpha value is -1.71. The molecule has 2 aromatic rings. The van der Waals surface area contributed by atoms with Crippen LogP contribution in [-0.2, 0) is 4.79 Å². The summed E-state index contributed by atoms with van der Waals surface area (Å²) in [5.74, 6) is 0.426. The number of rotatable bonds is 4. The van der Waals surface area contributed by atoms with Gasteiger partial charge in [-0.25, -0.2) is 0 Å². The summed E-state index contributed by atoms with van der Waals surface area (Å²) in [5, 5.41) is 3.67. The largest absolute Gasteiger partial charge is 0.481 e. The molecule has 2 aromatic carbocycles. The van der Waals surface area contributed by atoms with Crippen LogP contribution in [0.25, 0.3) is 0 Å². The van der Waals surface area contributed by atoms with Gasteiger partial charge in [0.05, 0.1) is 10.7 Å². The van der Waals surface area contributed by atoms with Crippen LogP contribution in [0.15, 0.2) is 30.3 Å². The van der Waals surface area contributed by atoms with Crippen molar-refractivity contribution in [3.63, 3.8) is 0 Å². The Kier molecular flexibility index (Phi) is 5.55. The maximum absolute atomic E-state index is 12.3. The van der Waals surface area contributed by atoms with Gasteiger partial charge in [0.1, 0.15) is 5.75 Å². The van der Waals surface area contributed by atoms with E-state index in [-0.39, 0.29) is 5.91 Å². The van der Waals surface area contributed by atoms with Gasteiger partial charge in [-0.3, -0.25) is 4.79 Å². The first kappa shape index (κ1) is 17.6. The van der Waals surface area contributed by atoms with E-state index in [1.807, 2.05) is 26.8 Å². The van der Waals surface area contributed by atoms with Crippen molar-refractivity contribution in [2.75, 3.05) is 5.32 Å². The highest BCUT2D eigenvalue weighted by Gasteiger charge is 2.18. The van der Waals surface area contributed by atoms with E-state index in [2.05, 4.69) is 11.4 Å². The summed E-state index contributed by atoms with van der Waals surface area (Å²) in [6.45, 7) is 7.69. The van der Waals surface area contributed by atoms with Gasteiger partial charge < -0.3 is 10.1 Å². The highest BCUT2D eigenvalue weighted by atomic mass is 35.5. The number of ether oxygens (including phenoxy) is 1. The summed E-state index contributed by atoms with van der Waals surface area (Å²) in [7, 11) is 0. The Morgan fingerprint density at radius 1 is 1.13 bits per heavy atom. The average molecular weight is 352 g/mol. The highest BCUT2D eigenvalue weighted by Crippen LogP contribution is 2.27. The predicted molar refractivity (Wildman–Crippen MR) is 95.8 cm³/mol. The van der Waals surface area contributed by atoms with Gasteiger partial charge in [-0.1, -0.05) is 29.3 Å². The van der Waals surface area contributed by atoms with Crippen LogP contribution < -0.4 is 10.1 Å². The number of nitrogens with one attached hydrogen (secondary N) is 1. The van der Waals surface area contributed by atoms with Gasteiger partial charge in [-0.05, 0) is 68.7 Å². The normalized spacial score (nSPS) is 11.9. The summed E-state index contributed by atoms with van der Waals surface area (Å²) in [6.07, 6.45) is -0.662. The molecule has 1 amide bonds. The van der Waals surface area contributed by atoms with Gasteiger partial charge in [0.2, 0.25) is 0 Å². The molecular weight excluding hydrogens is 333 g/mol. The second-order valence-electron chi connectivity index (χ2n) is 5.58. The molecule has 23 heavy (non-hydrogen) atoms. The number of aryl methyl sites for hydroxylation is 2. The summed E-state index contributed by atoms with van der Waals surface area (Å²) in [6, 6.07) is 8.92. The van der Waals surface area contributed by atoms with Crippen LogP contribution in [0.2, 0.25) is 10.0 Å². The predicted octanol–water partition coefficient (Wildman–Crippen LogP) is 5.32. The minimum absolute atomic E-state index is 0.285. The molecule has 2 rings (SSSR count). The first-order chi connectivity index (χ1) is 10.8. The van der Waals surface area contributed by atoms with E-state index in [9.17, 15) is 4.79 Å². The molecule has 0 aromatic heterocycles. The van der Waals surface area contributed by atoms with Crippen molar-refractivity contribution in [1.82, 2.24) is 0 Å². The minimum atomic E-state index is -0.662. The zero-order chi connectivity index (χ0) is 17.1. The molecule has 0 radical (unpaired) electrons.